The molecule has 0 heterocycles. The van der Waals surface area contributed by atoms with Gasteiger partial charge in [-0.1, -0.05) is 42.5 Å². The molecule has 0 aliphatic carbocycles. The van der Waals surface area contributed by atoms with Crippen molar-refractivity contribution in [3.63, 3.8) is 0 Å². The van der Waals surface area contributed by atoms with E-state index in [4.69, 9.17) is 0 Å². The van der Waals surface area contributed by atoms with Crippen LogP contribution in [0.4, 0.5) is 8.78 Å². The standard InChI is InChI=1S/C14H13F2/c1-2-14(15,16)10-11-7-8-12-5-3-4-6-13(12)9-11/h3-9H,1-2,10H2. The van der Waals surface area contributed by atoms with Gasteiger partial charge in [0.2, 0.25) is 0 Å². The smallest absolute Gasteiger partial charge is 0.207 e. The maximum Gasteiger partial charge on any atom is 0.252 e. The highest BCUT2D eigenvalue weighted by Crippen LogP contribution is 2.25. The van der Waals surface area contributed by atoms with Gasteiger partial charge in [0, 0.05) is 12.8 Å². The average molecular weight is 219 g/mol. The molecule has 2 aromatic carbocycles. The van der Waals surface area contributed by atoms with Crippen LogP contribution >= 0.6 is 0 Å². The van der Waals surface area contributed by atoms with Gasteiger partial charge in [-0.3, -0.25) is 0 Å². The van der Waals surface area contributed by atoms with Crippen molar-refractivity contribution in [2.75, 3.05) is 0 Å². The Morgan fingerprint density at radius 2 is 1.69 bits per heavy atom. The van der Waals surface area contributed by atoms with Crippen LogP contribution < -0.4 is 0 Å². The highest BCUT2D eigenvalue weighted by Gasteiger charge is 2.26. The molecule has 16 heavy (non-hydrogen) atoms. The van der Waals surface area contributed by atoms with E-state index in [1.165, 1.54) is 0 Å². The third-order valence-corrected chi connectivity index (χ3v) is 2.64. The molecule has 0 aliphatic heterocycles. The second-order valence-electron chi connectivity index (χ2n) is 3.96. The minimum absolute atomic E-state index is 0.235. The first-order valence-electron chi connectivity index (χ1n) is 5.25. The second-order valence-corrected chi connectivity index (χ2v) is 3.96. The number of rotatable bonds is 3. The summed E-state index contributed by atoms with van der Waals surface area (Å²) < 4.78 is 26.4. The van der Waals surface area contributed by atoms with Crippen LogP contribution in [0.3, 0.4) is 0 Å². The number of hydrogen-bond donors (Lipinski definition) is 0. The number of alkyl halides is 2. The van der Waals surface area contributed by atoms with Gasteiger partial charge in [0.05, 0.1) is 0 Å². The van der Waals surface area contributed by atoms with E-state index >= 15 is 0 Å². The molecule has 0 aliphatic rings. The average Bonchev–Trinajstić information content (AvgIpc) is 2.28. The first kappa shape index (κ1) is 11.1. The molecule has 0 saturated carbocycles. The third-order valence-electron chi connectivity index (χ3n) is 2.64. The molecule has 0 nitrogen and oxygen atoms in total. The van der Waals surface area contributed by atoms with Crippen molar-refractivity contribution in [2.24, 2.45) is 0 Å². The number of halogens is 2. The number of benzene rings is 2. The summed E-state index contributed by atoms with van der Waals surface area (Å²) in [6.07, 6.45) is -0.596. The van der Waals surface area contributed by atoms with Crippen molar-refractivity contribution in [2.45, 2.75) is 18.8 Å². The molecular formula is C14H13F2. The fourth-order valence-electron chi connectivity index (χ4n) is 1.74. The molecule has 2 aromatic rings. The lowest BCUT2D eigenvalue weighted by Gasteiger charge is -2.14. The topological polar surface area (TPSA) is 0 Å². The first-order chi connectivity index (χ1) is 7.61. The van der Waals surface area contributed by atoms with E-state index in [0.29, 0.717) is 5.56 Å². The summed E-state index contributed by atoms with van der Waals surface area (Å²) in [4.78, 5) is 0. The molecule has 0 unspecified atom stereocenters. The Morgan fingerprint density at radius 1 is 1.00 bits per heavy atom. The maximum atomic E-state index is 13.2. The van der Waals surface area contributed by atoms with Crippen molar-refractivity contribution in [1.29, 1.82) is 0 Å². The van der Waals surface area contributed by atoms with Crippen molar-refractivity contribution in [3.05, 3.63) is 55.0 Å². The van der Waals surface area contributed by atoms with Crippen molar-refractivity contribution >= 4 is 10.8 Å². The molecule has 0 bridgehead atoms. The molecule has 0 fully saturated rings. The minimum atomic E-state index is -2.71. The maximum absolute atomic E-state index is 13.2. The van der Waals surface area contributed by atoms with Gasteiger partial charge in [-0.2, -0.15) is 0 Å². The van der Waals surface area contributed by atoms with Crippen LogP contribution in [-0.4, -0.2) is 5.92 Å². The Bertz CT molecular complexity index is 489. The number of fused-ring (bicyclic) bond motifs is 1. The van der Waals surface area contributed by atoms with E-state index in [1.807, 2.05) is 36.4 Å². The quantitative estimate of drug-likeness (QED) is 0.724. The molecule has 0 aromatic heterocycles. The zero-order chi connectivity index (χ0) is 11.6. The predicted octanol–water partition coefficient (Wildman–Crippen LogP) is 4.24. The monoisotopic (exact) mass is 219 g/mol. The van der Waals surface area contributed by atoms with Crippen LogP contribution in [-0.2, 0) is 6.42 Å². The van der Waals surface area contributed by atoms with E-state index < -0.39 is 5.92 Å². The molecule has 83 valence electrons. The Balaban J connectivity index is 2.33. The van der Waals surface area contributed by atoms with Crippen molar-refractivity contribution < 1.29 is 8.78 Å². The van der Waals surface area contributed by atoms with Gasteiger partial charge in [-0.05, 0) is 23.3 Å². The Labute approximate surface area is 93.9 Å². The molecular weight excluding hydrogens is 206 g/mol. The Hall–Kier alpha value is -1.44. The lowest BCUT2D eigenvalue weighted by Crippen LogP contribution is -2.17. The summed E-state index contributed by atoms with van der Waals surface area (Å²) in [6, 6.07) is 13.2. The summed E-state index contributed by atoms with van der Waals surface area (Å²) in [5, 5.41) is 2.07. The molecule has 2 heteroatoms. The summed E-state index contributed by atoms with van der Waals surface area (Å²) in [6.45, 7) is 3.27. The van der Waals surface area contributed by atoms with E-state index in [2.05, 4.69) is 6.92 Å². The van der Waals surface area contributed by atoms with Gasteiger partial charge in [0.1, 0.15) is 0 Å². The molecule has 0 saturated heterocycles. The molecule has 1 radical (unpaired) electrons. The van der Waals surface area contributed by atoms with Gasteiger partial charge in [-0.15, -0.1) is 0 Å². The number of hydrogen-bond acceptors (Lipinski definition) is 0. The minimum Gasteiger partial charge on any atom is -0.207 e. The Kier molecular flexibility index (Phi) is 2.90. The molecule has 2 rings (SSSR count). The zero-order valence-corrected chi connectivity index (χ0v) is 8.92. The summed E-state index contributed by atoms with van der Waals surface area (Å²) in [7, 11) is 0. The lowest BCUT2D eigenvalue weighted by molar-refractivity contribution is 0.00421. The van der Waals surface area contributed by atoms with E-state index in [9.17, 15) is 8.78 Å². The zero-order valence-electron chi connectivity index (χ0n) is 8.92. The third kappa shape index (κ3) is 2.38. The molecule has 0 amide bonds. The summed E-state index contributed by atoms with van der Waals surface area (Å²) in [5.41, 5.74) is 0.660. The predicted molar refractivity (Wildman–Crippen MR) is 62.6 cm³/mol. The normalized spacial score (nSPS) is 11.9. The van der Waals surface area contributed by atoms with Gasteiger partial charge in [0.25, 0.3) is 5.92 Å². The van der Waals surface area contributed by atoms with E-state index in [-0.39, 0.29) is 12.8 Å². The summed E-state index contributed by atoms with van der Waals surface area (Å²) >= 11 is 0. The van der Waals surface area contributed by atoms with Gasteiger partial charge in [-0.25, -0.2) is 8.78 Å². The largest absolute Gasteiger partial charge is 0.252 e. The van der Waals surface area contributed by atoms with Gasteiger partial charge in [0.15, 0.2) is 0 Å². The van der Waals surface area contributed by atoms with Crippen LogP contribution in [0.5, 0.6) is 0 Å². The van der Waals surface area contributed by atoms with Gasteiger partial charge < -0.3 is 0 Å². The fraction of sp³-hybridized carbons (Fsp3) is 0.214. The van der Waals surface area contributed by atoms with Gasteiger partial charge >= 0.3 is 0 Å². The van der Waals surface area contributed by atoms with Crippen LogP contribution in [0.15, 0.2) is 42.5 Å². The van der Waals surface area contributed by atoms with Crippen LogP contribution in [0.1, 0.15) is 12.0 Å². The fourth-order valence-corrected chi connectivity index (χ4v) is 1.74. The van der Waals surface area contributed by atoms with Crippen LogP contribution in [0.25, 0.3) is 10.8 Å². The second kappa shape index (κ2) is 4.20. The van der Waals surface area contributed by atoms with Crippen molar-refractivity contribution in [1.82, 2.24) is 0 Å². The SMILES string of the molecule is [CH2]CC(F)(F)Cc1ccc2ccccc2c1. The highest BCUT2D eigenvalue weighted by molar-refractivity contribution is 5.82. The summed E-state index contributed by atoms with van der Waals surface area (Å²) in [5.74, 6) is -2.71. The van der Waals surface area contributed by atoms with E-state index in [0.717, 1.165) is 10.8 Å². The molecule has 0 atom stereocenters. The molecule has 0 spiro atoms. The van der Waals surface area contributed by atoms with Crippen molar-refractivity contribution in [3.8, 4) is 0 Å². The van der Waals surface area contributed by atoms with E-state index in [1.54, 1.807) is 6.07 Å². The van der Waals surface area contributed by atoms with Crippen LogP contribution in [0, 0.1) is 6.92 Å². The van der Waals surface area contributed by atoms with Crippen LogP contribution in [0.2, 0.25) is 0 Å². The lowest BCUT2D eigenvalue weighted by atomic mass is 10.0. The highest BCUT2D eigenvalue weighted by atomic mass is 19.3. The Morgan fingerprint density at radius 3 is 2.38 bits per heavy atom. The first-order valence-corrected chi connectivity index (χ1v) is 5.25. The molecule has 0 N–H and O–H groups in total.